The second kappa shape index (κ2) is 8.73. The summed E-state index contributed by atoms with van der Waals surface area (Å²) in [6.45, 7) is 7.57. The quantitative estimate of drug-likeness (QED) is 0.684. The van der Waals surface area contributed by atoms with Crippen LogP contribution in [0.1, 0.15) is 33.6 Å². The molecule has 2 N–H and O–H groups in total. The first kappa shape index (κ1) is 18.3. The van der Waals surface area contributed by atoms with Crippen molar-refractivity contribution in [1.82, 2.24) is 10.3 Å². The molecule has 1 aromatic carbocycles. The van der Waals surface area contributed by atoms with Gasteiger partial charge in [0.15, 0.2) is 11.5 Å². The Bertz CT molecular complexity index is 658. The molecule has 2 rings (SSSR count). The van der Waals surface area contributed by atoms with E-state index < -0.39 is 0 Å². The van der Waals surface area contributed by atoms with Gasteiger partial charge in [-0.05, 0) is 38.4 Å². The first-order chi connectivity index (χ1) is 11.6. The smallest absolute Gasteiger partial charge is 0.170 e. The molecule has 0 aliphatic carbocycles. The summed E-state index contributed by atoms with van der Waals surface area (Å²) in [5.41, 5.74) is 1.88. The number of hydrogen-bond acceptors (Lipinski definition) is 5. The monoisotopic (exact) mass is 331 g/mol. The number of methoxy groups -OCH3 is 2. The van der Waals surface area contributed by atoms with Crippen molar-refractivity contribution < 1.29 is 9.47 Å². The molecule has 0 amide bonds. The van der Waals surface area contributed by atoms with Crippen LogP contribution in [0.3, 0.4) is 0 Å². The maximum atomic E-state index is 5.51. The Kier molecular flexibility index (Phi) is 6.67. The third kappa shape index (κ3) is 4.51. The Labute approximate surface area is 144 Å². The number of fused-ring (bicyclic) bond motifs is 1. The molecule has 1 aromatic heterocycles. The van der Waals surface area contributed by atoms with E-state index in [4.69, 9.17) is 9.47 Å². The number of nitrogens with zero attached hydrogens (tertiary/aromatic N) is 1. The molecule has 5 nitrogen and oxygen atoms in total. The Morgan fingerprint density at radius 1 is 1.17 bits per heavy atom. The molecule has 0 aliphatic heterocycles. The van der Waals surface area contributed by atoms with Crippen molar-refractivity contribution in [2.24, 2.45) is 0 Å². The van der Waals surface area contributed by atoms with E-state index in [1.807, 2.05) is 18.2 Å². The number of hydrogen-bond donors (Lipinski definition) is 2. The molecule has 132 valence electrons. The molecule has 0 spiro atoms. The fourth-order valence-corrected chi connectivity index (χ4v) is 2.81. The van der Waals surface area contributed by atoms with E-state index in [-0.39, 0.29) is 0 Å². The predicted molar refractivity (Wildman–Crippen MR) is 100 cm³/mol. The van der Waals surface area contributed by atoms with Gasteiger partial charge in [-0.1, -0.05) is 13.8 Å². The van der Waals surface area contributed by atoms with E-state index >= 15 is 0 Å². The first-order valence-corrected chi connectivity index (χ1v) is 8.56. The molecule has 1 heterocycles. The van der Waals surface area contributed by atoms with Gasteiger partial charge >= 0.3 is 0 Å². The van der Waals surface area contributed by atoms with Crippen molar-refractivity contribution in [3.63, 3.8) is 0 Å². The highest BCUT2D eigenvalue weighted by Crippen LogP contribution is 2.39. The number of ether oxygens (including phenoxy) is 2. The van der Waals surface area contributed by atoms with Crippen molar-refractivity contribution in [3.05, 3.63) is 24.4 Å². The molecular formula is C19H29N3O2. The molecule has 0 aliphatic rings. The molecule has 0 fully saturated rings. The lowest BCUT2D eigenvalue weighted by Crippen LogP contribution is -2.25. The van der Waals surface area contributed by atoms with Crippen LogP contribution in [0.15, 0.2) is 24.4 Å². The molecule has 0 unspecified atom stereocenters. The molecule has 2 aromatic rings. The van der Waals surface area contributed by atoms with Gasteiger partial charge in [0.25, 0.3) is 0 Å². The van der Waals surface area contributed by atoms with Gasteiger partial charge in [-0.25, -0.2) is 0 Å². The minimum atomic E-state index is 0.349. The lowest BCUT2D eigenvalue weighted by Gasteiger charge is -2.19. The number of rotatable bonds is 9. The van der Waals surface area contributed by atoms with E-state index in [0.29, 0.717) is 17.8 Å². The topological polar surface area (TPSA) is 55.4 Å². The summed E-state index contributed by atoms with van der Waals surface area (Å²) in [4.78, 5) is 4.53. The molecule has 5 heteroatoms. The van der Waals surface area contributed by atoms with Gasteiger partial charge in [0.05, 0.1) is 25.4 Å². The van der Waals surface area contributed by atoms with Crippen LogP contribution >= 0.6 is 0 Å². The summed E-state index contributed by atoms with van der Waals surface area (Å²) < 4.78 is 11.0. The lowest BCUT2D eigenvalue weighted by atomic mass is 10.1. The van der Waals surface area contributed by atoms with Crippen molar-refractivity contribution in [1.29, 1.82) is 0 Å². The zero-order valence-electron chi connectivity index (χ0n) is 15.3. The van der Waals surface area contributed by atoms with E-state index in [9.17, 15) is 0 Å². The Morgan fingerprint density at radius 2 is 1.96 bits per heavy atom. The first-order valence-electron chi connectivity index (χ1n) is 8.56. The van der Waals surface area contributed by atoms with Crippen LogP contribution in [-0.4, -0.2) is 37.8 Å². The largest absolute Gasteiger partial charge is 0.493 e. The van der Waals surface area contributed by atoms with Crippen molar-refractivity contribution >= 4 is 16.6 Å². The van der Waals surface area contributed by atoms with Crippen molar-refractivity contribution in [3.8, 4) is 11.5 Å². The Morgan fingerprint density at radius 3 is 2.62 bits per heavy atom. The summed E-state index contributed by atoms with van der Waals surface area (Å²) in [5.74, 6) is 1.44. The Hall–Kier alpha value is -2.01. The zero-order valence-corrected chi connectivity index (χ0v) is 15.3. The molecule has 0 radical (unpaired) electrons. The van der Waals surface area contributed by atoms with E-state index in [1.54, 1.807) is 20.4 Å². The van der Waals surface area contributed by atoms with Gasteiger partial charge in [-0.2, -0.15) is 0 Å². The maximum absolute atomic E-state index is 5.51. The Balaban J connectivity index is 2.16. The fraction of sp³-hybridized carbons (Fsp3) is 0.526. The number of pyridine rings is 1. The summed E-state index contributed by atoms with van der Waals surface area (Å²) in [6.07, 6.45) is 4.02. The number of aromatic nitrogens is 1. The van der Waals surface area contributed by atoms with Gasteiger partial charge in [0.2, 0.25) is 0 Å². The number of nitrogens with one attached hydrogen (secondary N) is 2. The van der Waals surface area contributed by atoms with Crippen LogP contribution in [0.4, 0.5) is 5.69 Å². The predicted octanol–water partition coefficient (Wildman–Crippen LogP) is 3.83. The van der Waals surface area contributed by atoms with Crippen molar-refractivity contribution in [2.45, 2.75) is 45.7 Å². The minimum absolute atomic E-state index is 0.349. The second-order valence-electron chi connectivity index (χ2n) is 6.36. The molecule has 0 saturated heterocycles. The highest BCUT2D eigenvalue weighted by Gasteiger charge is 2.15. The standard InChI is InChI=1S/C19H29N3O2/c1-13(2)20-10-6-8-14(3)22-16-12-17(23-4)19(24-5)15-9-7-11-21-18(15)16/h7,9,11-14,20,22H,6,8,10H2,1-5H3/t14-/m0/s1. The lowest BCUT2D eigenvalue weighted by molar-refractivity contribution is 0.358. The normalized spacial score (nSPS) is 12.4. The highest BCUT2D eigenvalue weighted by atomic mass is 16.5. The summed E-state index contributed by atoms with van der Waals surface area (Å²) >= 11 is 0. The number of anilines is 1. The molecule has 1 atom stereocenters. The van der Waals surface area contributed by atoms with Gasteiger partial charge in [-0.3, -0.25) is 4.98 Å². The van der Waals surface area contributed by atoms with E-state index in [1.165, 1.54) is 0 Å². The van der Waals surface area contributed by atoms with Gasteiger partial charge in [-0.15, -0.1) is 0 Å². The van der Waals surface area contributed by atoms with Crippen LogP contribution in [0.25, 0.3) is 10.9 Å². The van der Waals surface area contributed by atoms with Crippen molar-refractivity contribution in [2.75, 3.05) is 26.1 Å². The van der Waals surface area contributed by atoms with Crippen LogP contribution in [0, 0.1) is 0 Å². The average molecular weight is 331 g/mol. The minimum Gasteiger partial charge on any atom is -0.493 e. The van der Waals surface area contributed by atoms with Crippen LogP contribution in [0.2, 0.25) is 0 Å². The molecular weight excluding hydrogens is 302 g/mol. The third-order valence-corrected chi connectivity index (χ3v) is 4.00. The molecule has 0 saturated carbocycles. The van der Waals surface area contributed by atoms with Crippen LogP contribution in [0.5, 0.6) is 11.5 Å². The number of benzene rings is 1. The summed E-state index contributed by atoms with van der Waals surface area (Å²) in [5, 5.41) is 7.98. The second-order valence-corrected chi connectivity index (χ2v) is 6.36. The highest BCUT2D eigenvalue weighted by molar-refractivity contribution is 5.97. The maximum Gasteiger partial charge on any atom is 0.170 e. The average Bonchev–Trinajstić information content (AvgIpc) is 2.58. The summed E-state index contributed by atoms with van der Waals surface area (Å²) in [6, 6.07) is 6.77. The van der Waals surface area contributed by atoms with E-state index in [0.717, 1.165) is 41.7 Å². The van der Waals surface area contributed by atoms with Gasteiger partial charge in [0.1, 0.15) is 0 Å². The third-order valence-electron chi connectivity index (χ3n) is 4.00. The van der Waals surface area contributed by atoms with Gasteiger partial charge < -0.3 is 20.1 Å². The fourth-order valence-electron chi connectivity index (χ4n) is 2.81. The van der Waals surface area contributed by atoms with Crippen LogP contribution in [-0.2, 0) is 0 Å². The molecule has 24 heavy (non-hydrogen) atoms. The van der Waals surface area contributed by atoms with Gasteiger partial charge in [0, 0.05) is 29.7 Å². The van der Waals surface area contributed by atoms with Crippen LogP contribution < -0.4 is 20.1 Å². The molecule has 0 bridgehead atoms. The SMILES string of the molecule is COc1cc(N[C@@H](C)CCCNC(C)C)c2ncccc2c1OC. The summed E-state index contributed by atoms with van der Waals surface area (Å²) in [7, 11) is 3.31. The van der Waals surface area contributed by atoms with E-state index in [2.05, 4.69) is 36.4 Å². The zero-order chi connectivity index (χ0) is 17.5.